The summed E-state index contributed by atoms with van der Waals surface area (Å²) < 4.78 is 11.5. The Balaban J connectivity index is 1.76. The maximum absolute atomic E-state index is 6.38. The number of aryl methyl sites for hydroxylation is 2. The van der Waals surface area contributed by atoms with E-state index in [0.29, 0.717) is 23.6 Å². The molecule has 1 aliphatic heterocycles. The SMILES string of the molecule is COc1cc(C)cc(C)c1-c1nnc(N)c2c(C3[C@@H]4CC[C@H]3COC4)nccc12. The number of benzene rings is 1. The normalized spacial score (nSPS) is 23.5. The second-order valence-electron chi connectivity index (χ2n) is 8.37. The van der Waals surface area contributed by atoms with Crippen LogP contribution in [-0.2, 0) is 4.74 Å². The standard InChI is InChI=1S/C23H26N4O2/c1-12-8-13(2)18(17(9-12)28-3)21-16-6-7-25-22(20(16)23(24)27-26-21)19-14-4-5-15(19)11-29-10-14/h6-9,14-15,19H,4-5,10-11H2,1-3H3,(H2,24,27)/t14-,15+,19?. The smallest absolute Gasteiger partial charge is 0.155 e. The first kappa shape index (κ1) is 18.3. The van der Waals surface area contributed by atoms with Gasteiger partial charge in [0, 0.05) is 28.5 Å². The van der Waals surface area contributed by atoms with Crippen LogP contribution in [0.15, 0.2) is 24.4 Å². The number of anilines is 1. The molecule has 150 valence electrons. The summed E-state index contributed by atoms with van der Waals surface area (Å²) in [6.07, 6.45) is 4.25. The van der Waals surface area contributed by atoms with Gasteiger partial charge in [0.15, 0.2) is 5.82 Å². The summed E-state index contributed by atoms with van der Waals surface area (Å²) in [6, 6.07) is 6.18. The van der Waals surface area contributed by atoms with Gasteiger partial charge in [-0.1, -0.05) is 6.07 Å². The fourth-order valence-corrected chi connectivity index (χ4v) is 5.35. The largest absolute Gasteiger partial charge is 0.496 e. The van der Waals surface area contributed by atoms with E-state index < -0.39 is 0 Å². The third-order valence-electron chi connectivity index (χ3n) is 6.55. The van der Waals surface area contributed by atoms with Crippen molar-refractivity contribution >= 4 is 16.6 Å². The lowest BCUT2D eigenvalue weighted by molar-refractivity contribution is 0.0315. The van der Waals surface area contributed by atoms with Gasteiger partial charge in [-0.15, -0.1) is 10.2 Å². The minimum absolute atomic E-state index is 0.368. The molecular weight excluding hydrogens is 364 g/mol. The van der Waals surface area contributed by atoms with E-state index in [1.165, 1.54) is 12.8 Å². The Morgan fingerprint density at radius 1 is 1.10 bits per heavy atom. The first-order valence-electron chi connectivity index (χ1n) is 10.2. The highest BCUT2D eigenvalue weighted by Gasteiger charge is 2.42. The summed E-state index contributed by atoms with van der Waals surface area (Å²) >= 11 is 0. The van der Waals surface area contributed by atoms with Crippen LogP contribution >= 0.6 is 0 Å². The molecule has 3 atom stereocenters. The van der Waals surface area contributed by atoms with Crippen LogP contribution in [-0.4, -0.2) is 35.5 Å². The lowest BCUT2D eigenvalue weighted by Crippen LogP contribution is -2.28. The molecule has 6 heteroatoms. The van der Waals surface area contributed by atoms with E-state index in [-0.39, 0.29) is 0 Å². The molecule has 2 N–H and O–H groups in total. The molecule has 3 aromatic rings. The quantitative estimate of drug-likeness (QED) is 0.727. The average molecular weight is 390 g/mol. The van der Waals surface area contributed by atoms with Gasteiger partial charge >= 0.3 is 0 Å². The van der Waals surface area contributed by atoms with E-state index in [9.17, 15) is 0 Å². The van der Waals surface area contributed by atoms with Crippen LogP contribution in [0.5, 0.6) is 5.75 Å². The summed E-state index contributed by atoms with van der Waals surface area (Å²) in [5.41, 5.74) is 11.4. The minimum Gasteiger partial charge on any atom is -0.496 e. The number of aromatic nitrogens is 3. The zero-order chi connectivity index (χ0) is 20.1. The highest BCUT2D eigenvalue weighted by atomic mass is 16.5. The third-order valence-corrected chi connectivity index (χ3v) is 6.55. The van der Waals surface area contributed by atoms with Gasteiger partial charge in [0.05, 0.1) is 26.0 Å². The van der Waals surface area contributed by atoms with Crippen LogP contribution in [0.4, 0.5) is 5.82 Å². The number of ether oxygens (including phenoxy) is 2. The van der Waals surface area contributed by atoms with E-state index in [1.54, 1.807) is 7.11 Å². The molecule has 0 radical (unpaired) electrons. The fraction of sp³-hybridized carbons (Fsp3) is 0.435. The molecule has 1 aliphatic carbocycles. The van der Waals surface area contributed by atoms with Gasteiger partial charge in [-0.2, -0.15) is 0 Å². The molecule has 0 spiro atoms. The number of fused-ring (bicyclic) bond motifs is 3. The Morgan fingerprint density at radius 3 is 2.59 bits per heavy atom. The number of methoxy groups -OCH3 is 1. The molecule has 29 heavy (non-hydrogen) atoms. The Hall–Kier alpha value is -2.73. The van der Waals surface area contributed by atoms with Crippen LogP contribution in [0, 0.1) is 25.7 Å². The van der Waals surface area contributed by atoms with Gasteiger partial charge in [0.25, 0.3) is 0 Å². The Labute approximate surface area is 170 Å². The molecule has 1 aromatic carbocycles. The molecule has 3 heterocycles. The van der Waals surface area contributed by atoms with Gasteiger partial charge in [-0.25, -0.2) is 0 Å². The van der Waals surface area contributed by atoms with Crippen molar-refractivity contribution in [1.82, 2.24) is 15.2 Å². The van der Waals surface area contributed by atoms with E-state index in [1.807, 2.05) is 18.3 Å². The van der Waals surface area contributed by atoms with Gasteiger partial charge in [-0.05, 0) is 61.8 Å². The highest BCUT2D eigenvalue weighted by Crippen LogP contribution is 2.49. The van der Waals surface area contributed by atoms with Crippen molar-refractivity contribution in [3.05, 3.63) is 41.2 Å². The summed E-state index contributed by atoms with van der Waals surface area (Å²) in [7, 11) is 1.69. The maximum Gasteiger partial charge on any atom is 0.155 e. The molecule has 1 saturated heterocycles. The predicted octanol–water partition coefficient (Wildman–Crippen LogP) is 4.04. The summed E-state index contributed by atoms with van der Waals surface area (Å²) in [5.74, 6) is 2.61. The van der Waals surface area contributed by atoms with Crippen molar-refractivity contribution in [3.8, 4) is 17.0 Å². The summed E-state index contributed by atoms with van der Waals surface area (Å²) in [5, 5.41) is 10.8. The molecule has 0 amide bonds. The van der Waals surface area contributed by atoms with Crippen molar-refractivity contribution in [2.24, 2.45) is 11.8 Å². The molecule has 2 aromatic heterocycles. The molecular formula is C23H26N4O2. The molecule has 5 rings (SSSR count). The fourth-order valence-electron chi connectivity index (χ4n) is 5.35. The molecule has 1 saturated carbocycles. The molecule has 2 aliphatic rings. The highest BCUT2D eigenvalue weighted by molar-refractivity contribution is 6.02. The summed E-state index contributed by atoms with van der Waals surface area (Å²) in [4.78, 5) is 4.81. The van der Waals surface area contributed by atoms with Crippen molar-refractivity contribution in [2.45, 2.75) is 32.6 Å². The van der Waals surface area contributed by atoms with Gasteiger partial charge in [-0.3, -0.25) is 4.98 Å². The number of pyridine rings is 1. The zero-order valence-electron chi connectivity index (χ0n) is 17.1. The topological polar surface area (TPSA) is 83.2 Å². The van der Waals surface area contributed by atoms with Crippen molar-refractivity contribution in [1.29, 1.82) is 0 Å². The second kappa shape index (κ2) is 6.95. The maximum atomic E-state index is 6.38. The number of rotatable bonds is 3. The predicted molar refractivity (Wildman–Crippen MR) is 113 cm³/mol. The monoisotopic (exact) mass is 390 g/mol. The molecule has 6 nitrogen and oxygen atoms in total. The Bertz CT molecular complexity index is 1080. The number of nitrogens with two attached hydrogens (primary N) is 1. The van der Waals surface area contributed by atoms with Crippen LogP contribution in [0.25, 0.3) is 22.0 Å². The lowest BCUT2D eigenvalue weighted by Gasteiger charge is -2.30. The van der Waals surface area contributed by atoms with E-state index in [2.05, 4.69) is 30.1 Å². The lowest BCUT2D eigenvalue weighted by atomic mass is 9.83. The van der Waals surface area contributed by atoms with Crippen LogP contribution < -0.4 is 10.5 Å². The Morgan fingerprint density at radius 2 is 1.86 bits per heavy atom. The Kier molecular flexibility index (Phi) is 4.39. The summed E-state index contributed by atoms with van der Waals surface area (Å²) in [6.45, 7) is 5.75. The van der Waals surface area contributed by atoms with Crippen LogP contribution in [0.2, 0.25) is 0 Å². The third kappa shape index (κ3) is 2.85. The number of hydrogen-bond donors (Lipinski definition) is 1. The molecule has 1 unspecified atom stereocenters. The molecule has 2 fully saturated rings. The van der Waals surface area contributed by atoms with Crippen LogP contribution in [0.3, 0.4) is 0 Å². The van der Waals surface area contributed by atoms with Crippen molar-refractivity contribution in [3.63, 3.8) is 0 Å². The van der Waals surface area contributed by atoms with Gasteiger partial charge < -0.3 is 15.2 Å². The van der Waals surface area contributed by atoms with E-state index in [0.717, 1.165) is 57.8 Å². The first-order valence-corrected chi connectivity index (χ1v) is 10.2. The van der Waals surface area contributed by atoms with Crippen molar-refractivity contribution in [2.75, 3.05) is 26.1 Å². The minimum atomic E-state index is 0.368. The zero-order valence-corrected chi connectivity index (χ0v) is 17.1. The van der Waals surface area contributed by atoms with E-state index >= 15 is 0 Å². The number of nitrogen functional groups attached to an aromatic ring is 1. The van der Waals surface area contributed by atoms with Crippen LogP contribution in [0.1, 0.15) is 35.6 Å². The average Bonchev–Trinajstić information content (AvgIpc) is 2.96. The second-order valence-corrected chi connectivity index (χ2v) is 8.37. The van der Waals surface area contributed by atoms with Gasteiger partial charge in [0.1, 0.15) is 11.4 Å². The number of hydrogen-bond acceptors (Lipinski definition) is 6. The van der Waals surface area contributed by atoms with Gasteiger partial charge in [0.2, 0.25) is 0 Å². The number of nitrogens with zero attached hydrogens (tertiary/aromatic N) is 3. The van der Waals surface area contributed by atoms with E-state index in [4.69, 9.17) is 20.2 Å². The van der Waals surface area contributed by atoms with Crippen molar-refractivity contribution < 1.29 is 9.47 Å². The first-order chi connectivity index (χ1) is 14.1. The molecule has 2 bridgehead atoms.